The third-order valence-corrected chi connectivity index (χ3v) is 8.75. The molecule has 0 heterocycles. The highest BCUT2D eigenvalue weighted by Gasteiger charge is 2.37. The van der Waals surface area contributed by atoms with E-state index in [2.05, 4.69) is 36.4 Å². The van der Waals surface area contributed by atoms with Gasteiger partial charge in [-0.3, -0.25) is 4.79 Å². The van der Waals surface area contributed by atoms with Crippen molar-refractivity contribution in [2.45, 2.75) is 25.4 Å². The van der Waals surface area contributed by atoms with Crippen molar-refractivity contribution < 1.29 is 66.4 Å². The molecule has 0 aliphatic rings. The van der Waals surface area contributed by atoms with Crippen molar-refractivity contribution in [2.75, 3.05) is 159 Å². The van der Waals surface area contributed by atoms with Crippen LogP contribution < -0.4 is 0 Å². The number of ether oxygens (including phenoxy) is 13. The molecule has 0 aliphatic carbocycles. The van der Waals surface area contributed by atoms with Gasteiger partial charge in [-0.2, -0.15) is 0 Å². The Labute approximate surface area is 363 Å². The van der Waals surface area contributed by atoms with Crippen LogP contribution in [-0.4, -0.2) is 165 Å². The molecule has 0 aromatic heterocycles. The van der Waals surface area contributed by atoms with Gasteiger partial charge >= 0.3 is 5.97 Å². The molecule has 3 aromatic rings. The summed E-state index contributed by atoms with van der Waals surface area (Å²) in [6.07, 6.45) is 1.22. The van der Waals surface area contributed by atoms with Crippen molar-refractivity contribution in [3.63, 3.8) is 0 Å². The van der Waals surface area contributed by atoms with E-state index < -0.39 is 5.60 Å². The fourth-order valence-corrected chi connectivity index (χ4v) is 5.81. The second-order valence-electron chi connectivity index (χ2n) is 13.3. The molecule has 3 rings (SSSR count). The summed E-state index contributed by atoms with van der Waals surface area (Å²) < 4.78 is 72.7. The van der Waals surface area contributed by atoms with Gasteiger partial charge in [0.2, 0.25) is 0 Å². The number of rotatable bonds is 42. The summed E-state index contributed by atoms with van der Waals surface area (Å²) in [6, 6.07) is 31.0. The number of benzene rings is 3. The van der Waals surface area contributed by atoms with E-state index in [-0.39, 0.29) is 12.6 Å². The molecule has 0 radical (unpaired) electrons. The summed E-state index contributed by atoms with van der Waals surface area (Å²) in [4.78, 5) is 11.2. The summed E-state index contributed by atoms with van der Waals surface area (Å²) in [5.41, 5.74) is 2.43. The highest BCUT2D eigenvalue weighted by atomic mass is 16.6. The SMILES string of the molecule is CCCC(=O)OCCOCCOCCOCCOCCOCCOCCOCCOCCOCCOCCOCCOC(c1ccccc1)(c1ccccc1)c1ccccc1. The van der Waals surface area contributed by atoms with E-state index in [4.69, 9.17) is 61.6 Å². The van der Waals surface area contributed by atoms with E-state index in [0.717, 1.165) is 23.1 Å². The third kappa shape index (κ3) is 24.8. The zero-order valence-corrected chi connectivity index (χ0v) is 36.3. The van der Waals surface area contributed by atoms with Crippen LogP contribution in [0.1, 0.15) is 36.5 Å². The minimum atomic E-state index is -0.757. The molecule has 0 aliphatic heterocycles. The zero-order chi connectivity index (χ0) is 43.0. The van der Waals surface area contributed by atoms with Gasteiger partial charge in [-0.15, -0.1) is 0 Å². The van der Waals surface area contributed by atoms with Gasteiger partial charge in [-0.1, -0.05) is 97.9 Å². The lowest BCUT2D eigenvalue weighted by atomic mass is 9.80. The number of carbonyl (C=O) groups excluding carboxylic acids is 1. The molecule has 0 atom stereocenters. The molecule has 3 aromatic carbocycles. The maximum Gasteiger partial charge on any atom is 0.305 e. The van der Waals surface area contributed by atoms with Crippen LogP contribution in [0.3, 0.4) is 0 Å². The first-order valence-corrected chi connectivity index (χ1v) is 21.6. The van der Waals surface area contributed by atoms with Gasteiger partial charge in [0.05, 0.1) is 152 Å². The molecule has 342 valence electrons. The normalized spacial score (nSPS) is 11.6. The van der Waals surface area contributed by atoms with Crippen LogP contribution in [-0.2, 0) is 72.0 Å². The summed E-state index contributed by atoms with van der Waals surface area (Å²) in [5, 5.41) is 0. The van der Waals surface area contributed by atoms with Gasteiger partial charge in [0, 0.05) is 6.42 Å². The first-order valence-electron chi connectivity index (χ1n) is 21.6. The maximum atomic E-state index is 11.2. The lowest BCUT2D eigenvalue weighted by Gasteiger charge is -2.36. The van der Waals surface area contributed by atoms with E-state index in [9.17, 15) is 4.79 Å². The Morgan fingerprint density at radius 3 is 0.820 bits per heavy atom. The average Bonchev–Trinajstić information content (AvgIpc) is 3.29. The van der Waals surface area contributed by atoms with Gasteiger partial charge in [0.15, 0.2) is 0 Å². The zero-order valence-electron chi connectivity index (χ0n) is 36.3. The van der Waals surface area contributed by atoms with Crippen LogP contribution in [0.15, 0.2) is 91.0 Å². The van der Waals surface area contributed by atoms with Gasteiger partial charge in [0.1, 0.15) is 12.2 Å². The monoisotopic (exact) mass is 858 g/mol. The predicted molar refractivity (Wildman–Crippen MR) is 230 cm³/mol. The van der Waals surface area contributed by atoms with Crippen LogP contribution in [0, 0.1) is 0 Å². The minimum absolute atomic E-state index is 0.191. The Kier molecular flexibility index (Phi) is 31.7. The van der Waals surface area contributed by atoms with Crippen molar-refractivity contribution >= 4 is 5.97 Å². The Hall–Kier alpha value is -3.35. The second kappa shape index (κ2) is 37.2. The third-order valence-electron chi connectivity index (χ3n) is 8.75. The van der Waals surface area contributed by atoms with Gasteiger partial charge in [-0.05, 0) is 23.1 Å². The molecule has 0 unspecified atom stereocenters. The van der Waals surface area contributed by atoms with Gasteiger partial charge in [-0.25, -0.2) is 0 Å². The van der Waals surface area contributed by atoms with E-state index in [1.54, 1.807) is 0 Å². The fourth-order valence-electron chi connectivity index (χ4n) is 5.81. The summed E-state index contributed by atoms with van der Waals surface area (Å²) in [7, 11) is 0. The molecule has 0 saturated carbocycles. The molecule has 61 heavy (non-hydrogen) atoms. The largest absolute Gasteiger partial charge is 0.463 e. The van der Waals surface area contributed by atoms with E-state index in [1.165, 1.54) is 0 Å². The molecule has 0 saturated heterocycles. The summed E-state index contributed by atoms with van der Waals surface area (Å²) >= 11 is 0. The number of carbonyl (C=O) groups is 1. The number of hydrogen-bond acceptors (Lipinski definition) is 14. The van der Waals surface area contributed by atoms with Crippen molar-refractivity contribution in [3.8, 4) is 0 Å². The van der Waals surface area contributed by atoms with Crippen LogP contribution >= 0.6 is 0 Å². The maximum absolute atomic E-state index is 11.2. The molecule has 0 fully saturated rings. The van der Waals surface area contributed by atoms with Gasteiger partial charge < -0.3 is 61.6 Å². The van der Waals surface area contributed by atoms with Gasteiger partial charge in [0.25, 0.3) is 0 Å². The Morgan fingerprint density at radius 2 is 0.574 bits per heavy atom. The molecule has 0 bridgehead atoms. The first kappa shape index (κ1) is 52.0. The quantitative estimate of drug-likeness (QED) is 0.0402. The van der Waals surface area contributed by atoms with Crippen LogP contribution in [0.4, 0.5) is 0 Å². The van der Waals surface area contributed by atoms with E-state index in [1.807, 2.05) is 61.5 Å². The lowest BCUT2D eigenvalue weighted by molar-refractivity contribution is -0.145. The smallest absolute Gasteiger partial charge is 0.305 e. The summed E-state index contributed by atoms with van der Waals surface area (Å²) in [5.74, 6) is -0.191. The first-order chi connectivity index (χ1) is 30.3. The fraction of sp³-hybridized carbons (Fsp3) is 0.596. The van der Waals surface area contributed by atoms with Crippen LogP contribution in [0.2, 0.25) is 0 Å². The van der Waals surface area contributed by atoms with Crippen LogP contribution in [0.5, 0.6) is 0 Å². The average molecular weight is 859 g/mol. The molecule has 14 heteroatoms. The Morgan fingerprint density at radius 1 is 0.344 bits per heavy atom. The lowest BCUT2D eigenvalue weighted by Crippen LogP contribution is -2.34. The van der Waals surface area contributed by atoms with Crippen molar-refractivity contribution in [1.82, 2.24) is 0 Å². The molecular weight excluding hydrogens is 789 g/mol. The minimum Gasteiger partial charge on any atom is -0.463 e. The molecule has 14 nitrogen and oxygen atoms in total. The summed E-state index contributed by atoms with van der Waals surface area (Å²) in [6.45, 7) is 13.1. The molecule has 0 N–H and O–H groups in total. The molecular formula is C47H70O14. The standard InChI is InChI=1S/C47H70O14/c1-2-12-46(48)60-41-39-58-37-35-56-33-31-54-29-27-52-25-23-50-21-19-49-20-22-51-24-26-53-28-30-55-32-34-57-36-38-59-40-42-61-47(43-13-6-3-7-14-43,44-15-8-4-9-16-44)45-17-10-5-11-18-45/h3-11,13-18H,2,12,19-42H2,1H3. The number of hydrogen-bond donors (Lipinski definition) is 0. The van der Waals surface area contributed by atoms with Crippen molar-refractivity contribution in [2.24, 2.45) is 0 Å². The van der Waals surface area contributed by atoms with E-state index >= 15 is 0 Å². The second-order valence-corrected chi connectivity index (χ2v) is 13.3. The highest BCUT2D eigenvalue weighted by Crippen LogP contribution is 2.40. The van der Waals surface area contributed by atoms with Crippen LogP contribution in [0.25, 0.3) is 0 Å². The predicted octanol–water partition coefficient (Wildman–Crippen LogP) is 5.52. The van der Waals surface area contributed by atoms with Crippen molar-refractivity contribution in [3.05, 3.63) is 108 Å². The highest BCUT2D eigenvalue weighted by molar-refractivity contribution is 5.69. The van der Waals surface area contributed by atoms with E-state index in [0.29, 0.717) is 158 Å². The Balaban J connectivity index is 1.01. The Bertz CT molecular complexity index is 1310. The molecule has 0 amide bonds. The number of esters is 1. The molecule has 0 spiro atoms. The van der Waals surface area contributed by atoms with Crippen molar-refractivity contribution in [1.29, 1.82) is 0 Å². The topological polar surface area (TPSA) is 137 Å².